The van der Waals surface area contributed by atoms with E-state index in [2.05, 4.69) is 48.9 Å². The molecule has 0 radical (unpaired) electrons. The molecule has 1 atom stereocenters. The third-order valence-corrected chi connectivity index (χ3v) is 4.10. The lowest BCUT2D eigenvalue weighted by Gasteiger charge is -2.34. The Morgan fingerprint density at radius 3 is 2.79 bits per heavy atom. The van der Waals surface area contributed by atoms with E-state index in [0.717, 1.165) is 32.5 Å². The number of rotatable bonds is 3. The van der Waals surface area contributed by atoms with Crippen LogP contribution in [0.3, 0.4) is 0 Å². The topological polar surface area (TPSA) is 26.7 Å². The van der Waals surface area contributed by atoms with Crippen LogP contribution < -0.4 is 4.90 Å². The predicted octanol–water partition coefficient (Wildman–Crippen LogP) is 2.06. The summed E-state index contributed by atoms with van der Waals surface area (Å²) in [6.07, 6.45) is 2.20. The van der Waals surface area contributed by atoms with Crippen LogP contribution in [0.2, 0.25) is 0 Å². The number of aryl methyl sites for hydroxylation is 2. The highest BCUT2D eigenvalue weighted by Gasteiger charge is 2.25. The Balaban J connectivity index is 2.37. The smallest absolute Gasteiger partial charge is 0.0648 e. The molecular weight excluding hydrogens is 236 g/mol. The highest BCUT2D eigenvalue weighted by Crippen LogP contribution is 2.28. The van der Waals surface area contributed by atoms with Crippen molar-refractivity contribution in [3.8, 4) is 0 Å². The lowest BCUT2D eigenvalue weighted by Crippen LogP contribution is -2.43. The third kappa shape index (κ3) is 3.10. The summed E-state index contributed by atoms with van der Waals surface area (Å²) in [5.41, 5.74) is 4.06. The number of anilines is 1. The SMILES string of the molecule is CCc1cccc(C)c1N1CCCN(C)CC1CO. The van der Waals surface area contributed by atoms with Crippen molar-refractivity contribution in [1.82, 2.24) is 4.90 Å². The molecule has 106 valence electrons. The zero-order chi connectivity index (χ0) is 13.8. The Morgan fingerprint density at radius 1 is 1.32 bits per heavy atom. The minimum Gasteiger partial charge on any atom is -0.394 e. The number of hydrogen-bond acceptors (Lipinski definition) is 3. The number of para-hydroxylation sites is 1. The van der Waals surface area contributed by atoms with E-state index in [4.69, 9.17) is 0 Å². The van der Waals surface area contributed by atoms with Gasteiger partial charge in [0.15, 0.2) is 0 Å². The molecular formula is C16H26N2O. The molecule has 0 bridgehead atoms. The molecule has 1 aromatic carbocycles. The molecule has 1 unspecified atom stereocenters. The van der Waals surface area contributed by atoms with E-state index >= 15 is 0 Å². The van der Waals surface area contributed by atoms with E-state index in [-0.39, 0.29) is 12.6 Å². The first-order chi connectivity index (χ1) is 9.17. The normalized spacial score (nSPS) is 21.5. The summed E-state index contributed by atoms with van der Waals surface area (Å²) >= 11 is 0. The van der Waals surface area contributed by atoms with E-state index < -0.39 is 0 Å². The molecule has 1 aromatic rings. The van der Waals surface area contributed by atoms with Crippen LogP contribution in [0.25, 0.3) is 0 Å². The zero-order valence-electron chi connectivity index (χ0n) is 12.4. The van der Waals surface area contributed by atoms with Gasteiger partial charge in [0.2, 0.25) is 0 Å². The summed E-state index contributed by atoms with van der Waals surface area (Å²) in [5, 5.41) is 9.75. The quantitative estimate of drug-likeness (QED) is 0.903. The minimum absolute atomic E-state index is 0.207. The van der Waals surface area contributed by atoms with Crippen LogP contribution in [-0.4, -0.2) is 49.3 Å². The fourth-order valence-electron chi connectivity index (χ4n) is 3.11. The van der Waals surface area contributed by atoms with Crippen molar-refractivity contribution in [3.63, 3.8) is 0 Å². The highest BCUT2D eigenvalue weighted by atomic mass is 16.3. The van der Waals surface area contributed by atoms with E-state index in [0.29, 0.717) is 0 Å². The Hall–Kier alpha value is -1.06. The molecule has 0 aliphatic carbocycles. The lowest BCUT2D eigenvalue weighted by atomic mass is 10.0. The minimum atomic E-state index is 0.207. The van der Waals surface area contributed by atoms with Crippen molar-refractivity contribution >= 4 is 5.69 Å². The van der Waals surface area contributed by atoms with Gasteiger partial charge in [-0.15, -0.1) is 0 Å². The summed E-state index contributed by atoms with van der Waals surface area (Å²) in [4.78, 5) is 4.75. The first kappa shape index (κ1) is 14.4. The number of nitrogens with zero attached hydrogens (tertiary/aromatic N) is 2. The summed E-state index contributed by atoms with van der Waals surface area (Å²) in [6, 6.07) is 6.73. The second kappa shape index (κ2) is 6.40. The summed E-state index contributed by atoms with van der Waals surface area (Å²) < 4.78 is 0. The number of benzene rings is 1. The predicted molar refractivity (Wildman–Crippen MR) is 80.9 cm³/mol. The van der Waals surface area contributed by atoms with E-state index in [1.165, 1.54) is 16.8 Å². The maximum Gasteiger partial charge on any atom is 0.0648 e. The van der Waals surface area contributed by atoms with Gasteiger partial charge in [0.05, 0.1) is 12.6 Å². The molecule has 0 amide bonds. The Bertz CT molecular complexity index is 419. The van der Waals surface area contributed by atoms with Gasteiger partial charge in [-0.05, 0) is 44.5 Å². The molecule has 0 spiro atoms. The van der Waals surface area contributed by atoms with Crippen LogP contribution >= 0.6 is 0 Å². The van der Waals surface area contributed by atoms with E-state index in [1.54, 1.807) is 0 Å². The number of likely N-dealkylation sites (N-methyl/N-ethyl adjacent to an activating group) is 1. The fourth-order valence-corrected chi connectivity index (χ4v) is 3.11. The van der Waals surface area contributed by atoms with Crippen LogP contribution in [0.4, 0.5) is 5.69 Å². The molecule has 0 saturated carbocycles. The van der Waals surface area contributed by atoms with Crippen molar-refractivity contribution < 1.29 is 5.11 Å². The van der Waals surface area contributed by atoms with Crippen molar-refractivity contribution in [2.45, 2.75) is 32.7 Å². The van der Waals surface area contributed by atoms with E-state index in [1.807, 2.05) is 0 Å². The highest BCUT2D eigenvalue weighted by molar-refractivity contribution is 5.60. The second-order valence-corrected chi connectivity index (χ2v) is 5.58. The van der Waals surface area contributed by atoms with Crippen LogP contribution in [0.1, 0.15) is 24.5 Å². The van der Waals surface area contributed by atoms with E-state index in [9.17, 15) is 5.11 Å². The average molecular weight is 262 g/mol. The van der Waals surface area contributed by atoms with Gasteiger partial charge in [0.1, 0.15) is 0 Å². The van der Waals surface area contributed by atoms with Gasteiger partial charge < -0.3 is 14.9 Å². The summed E-state index contributed by atoms with van der Waals surface area (Å²) in [6.45, 7) is 7.69. The molecule has 1 aliphatic rings. The third-order valence-electron chi connectivity index (χ3n) is 4.10. The molecule has 1 aliphatic heterocycles. The van der Waals surface area contributed by atoms with Crippen LogP contribution in [0.15, 0.2) is 18.2 Å². The van der Waals surface area contributed by atoms with Crippen LogP contribution in [0.5, 0.6) is 0 Å². The van der Waals surface area contributed by atoms with Crippen molar-refractivity contribution in [1.29, 1.82) is 0 Å². The number of hydrogen-bond donors (Lipinski definition) is 1. The van der Waals surface area contributed by atoms with Crippen LogP contribution in [-0.2, 0) is 6.42 Å². The van der Waals surface area contributed by atoms with Crippen LogP contribution in [0, 0.1) is 6.92 Å². The molecule has 1 fully saturated rings. The van der Waals surface area contributed by atoms with Gasteiger partial charge >= 0.3 is 0 Å². The molecule has 1 heterocycles. The fraction of sp³-hybridized carbons (Fsp3) is 0.625. The Labute approximate surface area is 116 Å². The van der Waals surface area contributed by atoms with Gasteiger partial charge in [0, 0.05) is 18.8 Å². The number of aliphatic hydroxyl groups excluding tert-OH is 1. The largest absolute Gasteiger partial charge is 0.394 e. The molecule has 3 heteroatoms. The van der Waals surface area contributed by atoms with Crippen molar-refractivity contribution in [2.24, 2.45) is 0 Å². The first-order valence-electron chi connectivity index (χ1n) is 7.32. The number of aliphatic hydroxyl groups is 1. The molecule has 0 aromatic heterocycles. The monoisotopic (exact) mass is 262 g/mol. The Morgan fingerprint density at radius 2 is 2.11 bits per heavy atom. The van der Waals surface area contributed by atoms with Gasteiger partial charge in [0.25, 0.3) is 0 Å². The molecule has 1 saturated heterocycles. The molecule has 3 nitrogen and oxygen atoms in total. The average Bonchev–Trinajstić information content (AvgIpc) is 2.59. The van der Waals surface area contributed by atoms with Crippen molar-refractivity contribution in [3.05, 3.63) is 29.3 Å². The summed E-state index contributed by atoms with van der Waals surface area (Å²) in [5.74, 6) is 0. The van der Waals surface area contributed by atoms with Gasteiger partial charge in [-0.2, -0.15) is 0 Å². The maximum absolute atomic E-state index is 9.75. The molecule has 1 N–H and O–H groups in total. The first-order valence-corrected chi connectivity index (χ1v) is 7.32. The van der Waals surface area contributed by atoms with Crippen molar-refractivity contribution in [2.75, 3.05) is 38.2 Å². The second-order valence-electron chi connectivity index (χ2n) is 5.58. The zero-order valence-corrected chi connectivity index (χ0v) is 12.4. The standard InChI is InChI=1S/C16H26N2O/c1-4-14-8-5-7-13(2)16(14)18-10-6-9-17(3)11-15(18)12-19/h5,7-8,15,19H,4,6,9-12H2,1-3H3. The summed E-state index contributed by atoms with van der Waals surface area (Å²) in [7, 11) is 2.14. The maximum atomic E-state index is 9.75. The lowest BCUT2D eigenvalue weighted by molar-refractivity contribution is 0.229. The van der Waals surface area contributed by atoms with Gasteiger partial charge in [-0.25, -0.2) is 0 Å². The Kier molecular flexibility index (Phi) is 4.83. The molecule has 2 rings (SSSR count). The van der Waals surface area contributed by atoms with Gasteiger partial charge in [-0.1, -0.05) is 25.1 Å². The van der Waals surface area contributed by atoms with Gasteiger partial charge in [-0.3, -0.25) is 0 Å². The molecule has 19 heavy (non-hydrogen) atoms.